The summed E-state index contributed by atoms with van der Waals surface area (Å²) in [6.45, 7) is 19.6. The number of halogens is 2. The molecular formula is C55H106Cl2N4O24. The second-order valence-electron chi connectivity index (χ2n) is 16.4. The second kappa shape index (κ2) is 92.4. The Morgan fingerprint density at radius 2 is 0.529 bits per heavy atom. The summed E-state index contributed by atoms with van der Waals surface area (Å²) in [5.74, 6) is 0. The Morgan fingerprint density at radius 1 is 0.329 bits per heavy atom. The van der Waals surface area contributed by atoms with Gasteiger partial charge in [0.05, 0.1) is 256 Å². The molecule has 0 fully saturated rings. The number of ether oxygens (including phenoxy) is 19. The molecule has 0 unspecified atom stereocenters. The Balaban J connectivity index is -0.000000824. The zero-order chi connectivity index (χ0) is 62.6. The molecule has 0 bridgehead atoms. The lowest BCUT2D eigenvalue weighted by Crippen LogP contribution is -2.26. The highest BCUT2D eigenvalue weighted by molar-refractivity contribution is 6.40. The molecule has 0 aliphatic carbocycles. The number of methoxy groups -OCH3 is 2. The van der Waals surface area contributed by atoms with Crippen molar-refractivity contribution in [1.29, 1.82) is 0 Å². The van der Waals surface area contributed by atoms with Gasteiger partial charge in [-0.1, -0.05) is 25.7 Å². The average molecular weight is 1280 g/mol. The van der Waals surface area contributed by atoms with Crippen LogP contribution < -0.4 is 5.32 Å². The number of aliphatic hydroxyl groups is 1. The van der Waals surface area contributed by atoms with E-state index in [0.717, 1.165) is 51.4 Å². The van der Waals surface area contributed by atoms with Crippen LogP contribution in [0.2, 0.25) is 0 Å². The number of carbonyl (C=O) groups excluding carboxylic acids is 4. The van der Waals surface area contributed by atoms with Gasteiger partial charge in [0, 0.05) is 20.8 Å². The molecule has 0 aromatic carbocycles. The first kappa shape index (κ1) is 88.7. The molecule has 0 rings (SSSR count). The maximum Gasteiger partial charge on any atom is 0.407 e. The third-order valence-electron chi connectivity index (χ3n) is 9.72. The van der Waals surface area contributed by atoms with Gasteiger partial charge in [-0.15, -0.1) is 23.2 Å². The van der Waals surface area contributed by atoms with Crippen LogP contribution in [0.4, 0.5) is 4.79 Å². The number of nitrogens with one attached hydrogen (secondary N) is 1. The third-order valence-corrected chi connectivity index (χ3v) is 9.72. The molecule has 0 atom stereocenters. The van der Waals surface area contributed by atoms with E-state index in [-0.39, 0.29) is 18.6 Å². The number of isocyanates is 3. The molecule has 0 aromatic rings. The van der Waals surface area contributed by atoms with E-state index < -0.39 is 6.09 Å². The van der Waals surface area contributed by atoms with Crippen LogP contribution in [-0.4, -0.2) is 313 Å². The van der Waals surface area contributed by atoms with Crippen LogP contribution in [0.25, 0.3) is 0 Å². The molecule has 0 radical (unpaired) electrons. The van der Waals surface area contributed by atoms with E-state index in [0.29, 0.717) is 251 Å². The van der Waals surface area contributed by atoms with Crippen LogP contribution in [0.3, 0.4) is 0 Å². The number of nitrogens with zero attached hydrogens (tertiary/aromatic N) is 3. The Kier molecular flexibility index (Phi) is 96.4. The van der Waals surface area contributed by atoms with Gasteiger partial charge in [-0.3, -0.25) is 0 Å². The van der Waals surface area contributed by atoms with E-state index in [1.54, 1.807) is 14.2 Å². The second-order valence-corrected chi connectivity index (χ2v) is 17.2. The van der Waals surface area contributed by atoms with E-state index in [4.69, 9.17) is 118 Å². The number of hydrogen-bond donors (Lipinski definition) is 2. The quantitative estimate of drug-likeness (QED) is 0.0379. The van der Waals surface area contributed by atoms with Gasteiger partial charge in [-0.25, -0.2) is 34.2 Å². The summed E-state index contributed by atoms with van der Waals surface area (Å²) >= 11 is 9.53. The van der Waals surface area contributed by atoms with Crippen LogP contribution in [0.1, 0.15) is 51.4 Å². The van der Waals surface area contributed by atoms with E-state index in [2.05, 4.69) is 20.3 Å². The standard InChI is InChI=1S/C35H72O18.C11H20N2O4.C8H12N2O2.CH2Cl2/c1-37-4-5-39-8-9-41-12-13-43-16-17-45-20-21-47-24-25-49-28-29-51-32-33-53-35-34-52-31-30-50-27-26-48-23-22-46-19-18-44-15-14-42-11-10-40-7-6-38-3-2-36;1-16-8-9-17-11(15)13-7-5-3-2-4-6-12-10-14;11-7-9-5-3-1-2-4-6-10-8-12;2-1-3/h36H,2-35H2,1H3;2-9H2,1H3,(H,13,15);1-6H2;1H2. The van der Waals surface area contributed by atoms with Gasteiger partial charge in [-0.2, -0.15) is 0 Å². The number of rotatable bonds is 67. The predicted molar refractivity (Wildman–Crippen MR) is 316 cm³/mol. The Labute approximate surface area is 515 Å². The summed E-state index contributed by atoms with van der Waals surface area (Å²) in [7, 11) is 3.20. The first-order valence-electron chi connectivity index (χ1n) is 29.0. The lowest BCUT2D eigenvalue weighted by Gasteiger charge is -2.09. The highest BCUT2D eigenvalue weighted by Gasteiger charge is 2.01. The number of alkyl halides is 2. The third kappa shape index (κ3) is 101. The lowest BCUT2D eigenvalue weighted by atomic mass is 10.2. The minimum atomic E-state index is -0.410. The van der Waals surface area contributed by atoms with Crippen molar-refractivity contribution in [3.8, 4) is 0 Å². The van der Waals surface area contributed by atoms with E-state index in [9.17, 15) is 19.2 Å². The number of unbranched alkanes of at least 4 members (excludes halogenated alkanes) is 6. The fourth-order valence-corrected chi connectivity index (χ4v) is 5.61. The minimum Gasteiger partial charge on any atom is -0.447 e. The van der Waals surface area contributed by atoms with Gasteiger partial charge in [0.1, 0.15) is 6.61 Å². The smallest absolute Gasteiger partial charge is 0.407 e. The summed E-state index contributed by atoms with van der Waals surface area (Å²) in [5.41, 5.74) is 0. The first-order valence-corrected chi connectivity index (χ1v) is 30.1. The lowest BCUT2D eigenvalue weighted by molar-refractivity contribution is -0.0307. The number of alkyl carbamates (subject to hydrolysis) is 1. The molecule has 28 nitrogen and oxygen atoms in total. The van der Waals surface area contributed by atoms with Crippen molar-refractivity contribution in [3.05, 3.63) is 0 Å². The van der Waals surface area contributed by atoms with Crippen molar-refractivity contribution in [2.45, 2.75) is 51.4 Å². The van der Waals surface area contributed by atoms with Crippen molar-refractivity contribution in [2.24, 2.45) is 15.0 Å². The molecule has 0 heterocycles. The van der Waals surface area contributed by atoms with Crippen molar-refractivity contribution in [2.75, 3.05) is 284 Å². The summed E-state index contributed by atoms with van der Waals surface area (Å²) in [5, 5.41) is 11.4. The highest BCUT2D eigenvalue weighted by Crippen LogP contribution is 2.00. The van der Waals surface area contributed by atoms with Crippen molar-refractivity contribution in [3.63, 3.8) is 0 Å². The molecule has 0 aliphatic heterocycles. The molecule has 0 saturated carbocycles. The van der Waals surface area contributed by atoms with Gasteiger partial charge < -0.3 is 100 Å². The fraction of sp³-hybridized carbons (Fsp3) is 0.927. The van der Waals surface area contributed by atoms with Gasteiger partial charge in [0.15, 0.2) is 0 Å². The van der Waals surface area contributed by atoms with Crippen molar-refractivity contribution in [1.82, 2.24) is 5.32 Å². The Morgan fingerprint density at radius 3 is 0.741 bits per heavy atom. The largest absolute Gasteiger partial charge is 0.447 e. The number of aliphatic hydroxyl groups excluding tert-OH is 1. The number of carbonyl (C=O) groups is 1. The van der Waals surface area contributed by atoms with Crippen LogP contribution in [0, 0.1) is 0 Å². The minimum absolute atomic E-state index is 0.0220. The van der Waals surface area contributed by atoms with E-state index in [1.165, 1.54) is 18.2 Å². The first-order chi connectivity index (χ1) is 42.1. The Bertz CT molecular complexity index is 1310. The monoisotopic (exact) mass is 1280 g/mol. The predicted octanol–water partition coefficient (Wildman–Crippen LogP) is 3.79. The molecule has 0 spiro atoms. The Hall–Kier alpha value is -2.77. The molecule has 0 saturated heterocycles. The maximum atomic E-state index is 11.0. The average Bonchev–Trinajstić information content (AvgIpc) is 3.50. The normalized spacial score (nSPS) is 10.6. The summed E-state index contributed by atoms with van der Waals surface area (Å²) in [6.07, 6.45) is 11.7. The summed E-state index contributed by atoms with van der Waals surface area (Å²) < 4.78 is 101. The SMILES string of the molecule is COCCOC(=O)NCCCCCCN=C=O.COCCOCCOCCOCCOCCOCCOCCOCCOCCOCCOCCOCCOCCOCCOCCOCCOCCO.ClCCl.O=C=NCCCCCCN=C=O. The molecule has 0 aromatic heterocycles. The maximum absolute atomic E-state index is 11.0. The topological polar surface area (TPSA) is 313 Å². The van der Waals surface area contributed by atoms with Crippen LogP contribution in [0.5, 0.6) is 0 Å². The summed E-state index contributed by atoms with van der Waals surface area (Å²) in [4.78, 5) is 50.3. The van der Waals surface area contributed by atoms with Crippen LogP contribution >= 0.6 is 23.2 Å². The fourth-order valence-electron chi connectivity index (χ4n) is 5.61. The molecule has 85 heavy (non-hydrogen) atoms. The summed E-state index contributed by atoms with van der Waals surface area (Å²) in [6, 6.07) is 0. The van der Waals surface area contributed by atoms with Gasteiger partial charge in [0.25, 0.3) is 0 Å². The van der Waals surface area contributed by atoms with Gasteiger partial charge >= 0.3 is 6.09 Å². The number of amides is 1. The molecule has 0 aliphatic rings. The molecule has 504 valence electrons. The van der Waals surface area contributed by atoms with E-state index >= 15 is 0 Å². The highest BCUT2D eigenvalue weighted by atomic mass is 35.5. The van der Waals surface area contributed by atoms with E-state index in [1.807, 2.05) is 0 Å². The van der Waals surface area contributed by atoms with Crippen LogP contribution in [0.15, 0.2) is 15.0 Å². The van der Waals surface area contributed by atoms with Gasteiger partial charge in [0.2, 0.25) is 18.2 Å². The van der Waals surface area contributed by atoms with Crippen LogP contribution in [-0.2, 0) is 104 Å². The zero-order valence-corrected chi connectivity index (χ0v) is 52.6. The van der Waals surface area contributed by atoms with Crippen molar-refractivity contribution < 1.29 is 114 Å². The zero-order valence-electron chi connectivity index (χ0n) is 51.1. The van der Waals surface area contributed by atoms with Crippen molar-refractivity contribution >= 4 is 47.5 Å². The number of aliphatic imine (C=N–C) groups is 3. The molecule has 2 N–H and O–H groups in total. The van der Waals surface area contributed by atoms with Gasteiger partial charge in [-0.05, 0) is 25.7 Å². The molecular weight excluding hydrogens is 1170 g/mol. The number of hydrogen-bond acceptors (Lipinski definition) is 27. The molecule has 1 amide bonds. The molecule has 30 heteroatoms.